The van der Waals surface area contributed by atoms with Crippen molar-refractivity contribution < 1.29 is 18.4 Å². The van der Waals surface area contributed by atoms with Gasteiger partial charge in [0.15, 0.2) is 11.6 Å². The van der Waals surface area contributed by atoms with E-state index in [1.165, 1.54) is 12.1 Å². The number of hydrogen-bond donors (Lipinski definition) is 1. The predicted molar refractivity (Wildman–Crippen MR) is 90.2 cm³/mol. The van der Waals surface area contributed by atoms with Crippen LogP contribution in [0.5, 0.6) is 0 Å². The SMILES string of the molecule is NC(=O)C1C(=O)N(c2cccc(F)c2F)CCC1c1cccc(Cl)c1. The second-order valence-corrected chi connectivity index (χ2v) is 6.33. The van der Waals surface area contributed by atoms with Gasteiger partial charge in [0.2, 0.25) is 11.8 Å². The van der Waals surface area contributed by atoms with Gasteiger partial charge in [-0.2, -0.15) is 0 Å². The first kappa shape index (κ1) is 17.4. The Bertz CT molecular complexity index is 844. The van der Waals surface area contributed by atoms with Crippen LogP contribution in [-0.2, 0) is 9.59 Å². The average molecular weight is 365 g/mol. The lowest BCUT2D eigenvalue weighted by atomic mass is 9.79. The highest BCUT2D eigenvalue weighted by molar-refractivity contribution is 6.30. The Morgan fingerprint density at radius 1 is 1.20 bits per heavy atom. The topological polar surface area (TPSA) is 63.4 Å². The van der Waals surface area contributed by atoms with Crippen molar-refractivity contribution in [2.24, 2.45) is 11.7 Å². The average Bonchev–Trinajstić information content (AvgIpc) is 2.57. The van der Waals surface area contributed by atoms with Gasteiger partial charge in [-0.3, -0.25) is 9.59 Å². The summed E-state index contributed by atoms with van der Waals surface area (Å²) in [5, 5.41) is 0.478. The van der Waals surface area contributed by atoms with Gasteiger partial charge in [-0.25, -0.2) is 8.78 Å². The standard InChI is InChI=1S/C18H15ClF2N2O2/c19-11-4-1-3-10(9-11)12-7-8-23(18(25)15(12)17(22)24)14-6-2-5-13(20)16(14)21/h1-6,9,12,15H,7-8H2,(H2,22,24). The number of halogens is 3. The zero-order valence-corrected chi connectivity index (χ0v) is 13.8. The number of primary amides is 1. The molecule has 1 fully saturated rings. The molecule has 1 aliphatic rings. The molecule has 2 aromatic carbocycles. The fourth-order valence-corrected chi connectivity index (χ4v) is 3.44. The van der Waals surface area contributed by atoms with Crippen LogP contribution in [0.2, 0.25) is 5.02 Å². The minimum atomic E-state index is -1.17. The van der Waals surface area contributed by atoms with Gasteiger partial charge in [-0.05, 0) is 36.2 Å². The summed E-state index contributed by atoms with van der Waals surface area (Å²) in [6.07, 6.45) is 0.371. The summed E-state index contributed by atoms with van der Waals surface area (Å²) in [5.74, 6) is -5.27. The Morgan fingerprint density at radius 3 is 2.60 bits per heavy atom. The van der Waals surface area contributed by atoms with E-state index in [0.29, 0.717) is 17.0 Å². The zero-order valence-electron chi connectivity index (χ0n) is 13.1. The smallest absolute Gasteiger partial charge is 0.240 e. The molecule has 2 unspecified atom stereocenters. The Labute approximate surface area is 148 Å². The summed E-state index contributed by atoms with van der Waals surface area (Å²) < 4.78 is 27.5. The monoisotopic (exact) mass is 364 g/mol. The minimum Gasteiger partial charge on any atom is -0.369 e. The van der Waals surface area contributed by atoms with Gasteiger partial charge in [-0.1, -0.05) is 29.8 Å². The molecule has 0 spiro atoms. The number of nitrogens with two attached hydrogens (primary N) is 1. The number of carbonyl (C=O) groups excluding carboxylic acids is 2. The van der Waals surface area contributed by atoms with Crippen LogP contribution in [0.1, 0.15) is 17.9 Å². The van der Waals surface area contributed by atoms with Crippen LogP contribution in [0.25, 0.3) is 0 Å². The molecule has 130 valence electrons. The van der Waals surface area contributed by atoms with Crippen LogP contribution in [0.4, 0.5) is 14.5 Å². The second-order valence-electron chi connectivity index (χ2n) is 5.89. The van der Waals surface area contributed by atoms with E-state index in [0.717, 1.165) is 11.0 Å². The van der Waals surface area contributed by atoms with E-state index in [-0.39, 0.29) is 12.2 Å². The van der Waals surface area contributed by atoms with Gasteiger partial charge < -0.3 is 10.6 Å². The van der Waals surface area contributed by atoms with E-state index in [1.54, 1.807) is 24.3 Å². The van der Waals surface area contributed by atoms with Crippen LogP contribution in [0.3, 0.4) is 0 Å². The molecule has 7 heteroatoms. The zero-order chi connectivity index (χ0) is 18.1. The lowest BCUT2D eigenvalue weighted by Gasteiger charge is -2.36. The summed E-state index contributed by atoms with van der Waals surface area (Å²) >= 11 is 5.99. The van der Waals surface area contributed by atoms with Crippen LogP contribution >= 0.6 is 11.6 Å². The van der Waals surface area contributed by atoms with Crippen molar-refractivity contribution in [2.75, 3.05) is 11.4 Å². The van der Waals surface area contributed by atoms with E-state index in [1.807, 2.05) is 0 Å². The molecule has 3 rings (SSSR count). The molecular weight excluding hydrogens is 350 g/mol. The lowest BCUT2D eigenvalue weighted by molar-refractivity contribution is -0.134. The van der Waals surface area contributed by atoms with Crippen molar-refractivity contribution in [3.63, 3.8) is 0 Å². The first-order valence-electron chi connectivity index (χ1n) is 7.70. The molecule has 2 aromatic rings. The highest BCUT2D eigenvalue weighted by Crippen LogP contribution is 2.37. The molecule has 1 heterocycles. The lowest BCUT2D eigenvalue weighted by Crippen LogP contribution is -2.50. The summed E-state index contributed by atoms with van der Waals surface area (Å²) in [6, 6.07) is 10.4. The van der Waals surface area contributed by atoms with E-state index in [9.17, 15) is 18.4 Å². The number of carbonyl (C=O) groups is 2. The maximum absolute atomic E-state index is 14.1. The highest BCUT2D eigenvalue weighted by Gasteiger charge is 2.42. The summed E-state index contributed by atoms with van der Waals surface area (Å²) in [5.41, 5.74) is 5.96. The van der Waals surface area contributed by atoms with Crippen molar-refractivity contribution >= 4 is 29.1 Å². The van der Waals surface area contributed by atoms with Crippen LogP contribution in [0, 0.1) is 17.6 Å². The van der Waals surface area contributed by atoms with Gasteiger partial charge in [0.25, 0.3) is 0 Å². The number of piperidine rings is 1. The molecule has 0 saturated carbocycles. The molecular formula is C18H15ClF2N2O2. The second kappa shape index (κ2) is 6.80. The number of nitrogens with zero attached hydrogens (tertiary/aromatic N) is 1. The maximum Gasteiger partial charge on any atom is 0.240 e. The minimum absolute atomic E-state index is 0.139. The van der Waals surface area contributed by atoms with E-state index < -0.39 is 35.3 Å². The van der Waals surface area contributed by atoms with Crippen molar-refractivity contribution in [3.8, 4) is 0 Å². The third-order valence-electron chi connectivity index (χ3n) is 4.40. The number of anilines is 1. The molecule has 0 bridgehead atoms. The molecule has 0 radical (unpaired) electrons. The first-order valence-corrected chi connectivity index (χ1v) is 8.08. The van der Waals surface area contributed by atoms with Gasteiger partial charge in [0.1, 0.15) is 5.92 Å². The van der Waals surface area contributed by atoms with E-state index in [2.05, 4.69) is 0 Å². The Hall–Kier alpha value is -2.47. The fraction of sp³-hybridized carbons (Fsp3) is 0.222. The Balaban J connectivity index is 1.98. The summed E-state index contributed by atoms with van der Waals surface area (Å²) in [4.78, 5) is 25.8. The molecule has 2 N–H and O–H groups in total. The molecule has 0 aliphatic carbocycles. The molecule has 25 heavy (non-hydrogen) atoms. The largest absolute Gasteiger partial charge is 0.369 e. The number of hydrogen-bond acceptors (Lipinski definition) is 2. The first-order chi connectivity index (χ1) is 11.9. The maximum atomic E-state index is 14.1. The van der Waals surface area contributed by atoms with E-state index >= 15 is 0 Å². The number of benzene rings is 2. The quantitative estimate of drug-likeness (QED) is 0.850. The Morgan fingerprint density at radius 2 is 1.92 bits per heavy atom. The number of rotatable bonds is 3. The summed E-state index contributed by atoms with van der Waals surface area (Å²) in [6.45, 7) is 0.139. The third-order valence-corrected chi connectivity index (χ3v) is 4.64. The Kier molecular flexibility index (Phi) is 4.72. The number of amides is 2. The van der Waals surface area contributed by atoms with Crippen molar-refractivity contribution in [1.82, 2.24) is 0 Å². The van der Waals surface area contributed by atoms with Gasteiger partial charge >= 0.3 is 0 Å². The molecule has 2 atom stereocenters. The van der Waals surface area contributed by atoms with E-state index in [4.69, 9.17) is 17.3 Å². The molecule has 1 aliphatic heterocycles. The van der Waals surface area contributed by atoms with Crippen molar-refractivity contribution in [1.29, 1.82) is 0 Å². The van der Waals surface area contributed by atoms with Crippen molar-refractivity contribution in [3.05, 3.63) is 64.7 Å². The molecule has 4 nitrogen and oxygen atoms in total. The van der Waals surface area contributed by atoms with Gasteiger partial charge in [-0.15, -0.1) is 0 Å². The summed E-state index contributed by atoms with van der Waals surface area (Å²) in [7, 11) is 0. The van der Waals surface area contributed by atoms with Crippen molar-refractivity contribution in [2.45, 2.75) is 12.3 Å². The van der Waals surface area contributed by atoms with Gasteiger partial charge in [0, 0.05) is 17.5 Å². The highest BCUT2D eigenvalue weighted by atomic mass is 35.5. The third kappa shape index (κ3) is 3.22. The van der Waals surface area contributed by atoms with Crippen LogP contribution in [-0.4, -0.2) is 18.4 Å². The molecule has 1 saturated heterocycles. The van der Waals surface area contributed by atoms with Gasteiger partial charge in [0.05, 0.1) is 5.69 Å². The van der Waals surface area contributed by atoms with Crippen LogP contribution in [0.15, 0.2) is 42.5 Å². The normalized spacial score (nSPS) is 20.6. The molecule has 2 amide bonds. The fourth-order valence-electron chi connectivity index (χ4n) is 3.24. The predicted octanol–water partition coefficient (Wildman–Crippen LogP) is 3.24. The molecule has 0 aromatic heterocycles. The van der Waals surface area contributed by atoms with Crippen LogP contribution < -0.4 is 10.6 Å².